The summed E-state index contributed by atoms with van der Waals surface area (Å²) < 4.78 is 24.5. The smallest absolute Gasteiger partial charge is 0.258 e. The fraction of sp³-hybridized carbons (Fsp3) is 0.440. The van der Waals surface area contributed by atoms with Crippen LogP contribution in [0.2, 0.25) is 5.02 Å². The molecule has 182 valence electrons. The molecule has 1 atom stereocenters. The number of halogens is 2. The molecule has 0 spiro atoms. The van der Waals surface area contributed by atoms with Gasteiger partial charge in [-0.3, -0.25) is 9.59 Å². The van der Waals surface area contributed by atoms with Crippen molar-refractivity contribution in [1.29, 1.82) is 0 Å². The Labute approximate surface area is 202 Å². The van der Waals surface area contributed by atoms with E-state index in [1.807, 2.05) is 25.1 Å². The van der Waals surface area contributed by atoms with Crippen LogP contribution in [0.25, 0.3) is 0 Å². The highest BCUT2D eigenvalue weighted by Crippen LogP contribution is 2.47. The summed E-state index contributed by atoms with van der Waals surface area (Å²) in [5, 5.41) is 16.8. The summed E-state index contributed by atoms with van der Waals surface area (Å²) in [6, 6.07) is 11.4. The monoisotopic (exact) mass is 490 g/mol. The molecule has 0 aliphatic heterocycles. The van der Waals surface area contributed by atoms with Gasteiger partial charge in [0.25, 0.3) is 11.8 Å². The summed E-state index contributed by atoms with van der Waals surface area (Å²) in [7, 11) is 0. The zero-order chi connectivity index (χ0) is 24.3. The van der Waals surface area contributed by atoms with Gasteiger partial charge in [-0.25, -0.2) is 4.39 Å². The Balaban J connectivity index is 1.28. The molecule has 3 saturated carbocycles. The molecule has 0 aromatic heterocycles. The molecule has 0 unspecified atom stereocenters. The van der Waals surface area contributed by atoms with Crippen LogP contribution in [0.15, 0.2) is 42.5 Å². The maximum atomic E-state index is 13.5. The van der Waals surface area contributed by atoms with Gasteiger partial charge in [0, 0.05) is 11.6 Å². The molecule has 3 aliphatic rings. The minimum Gasteiger partial charge on any atom is -0.484 e. The third-order valence-corrected chi connectivity index (χ3v) is 7.04. The van der Waals surface area contributed by atoms with Crippen LogP contribution in [-0.2, 0) is 9.59 Å². The number of aryl methyl sites for hydroxylation is 1. The number of carbonyl (C=O) groups is 2. The first-order valence-electron chi connectivity index (χ1n) is 11.3. The Morgan fingerprint density at radius 2 is 1.68 bits per heavy atom. The maximum Gasteiger partial charge on any atom is 0.258 e. The number of ether oxygens (including phenoxy) is 2. The van der Waals surface area contributed by atoms with Crippen molar-refractivity contribution in [3.8, 4) is 11.5 Å². The Morgan fingerprint density at radius 1 is 1.03 bits per heavy atom. The molecule has 7 nitrogen and oxygen atoms in total. The summed E-state index contributed by atoms with van der Waals surface area (Å²) in [5.74, 6) is -0.444. The van der Waals surface area contributed by atoms with Gasteiger partial charge in [0.1, 0.15) is 17.3 Å². The molecule has 0 saturated heterocycles. The van der Waals surface area contributed by atoms with Gasteiger partial charge in [0.05, 0.1) is 16.7 Å². The molecule has 9 heteroatoms. The lowest BCUT2D eigenvalue weighted by atomic mass is 9.60. The van der Waals surface area contributed by atoms with E-state index in [0.717, 1.165) is 11.6 Å². The predicted octanol–water partition coefficient (Wildman–Crippen LogP) is 3.29. The van der Waals surface area contributed by atoms with Gasteiger partial charge in [-0.05, 0) is 68.9 Å². The van der Waals surface area contributed by atoms with Crippen molar-refractivity contribution in [1.82, 2.24) is 10.6 Å². The number of benzene rings is 2. The van der Waals surface area contributed by atoms with E-state index in [4.69, 9.17) is 21.1 Å². The summed E-state index contributed by atoms with van der Waals surface area (Å²) in [6.07, 6.45) is 1.83. The van der Waals surface area contributed by atoms with E-state index in [1.165, 1.54) is 12.1 Å². The van der Waals surface area contributed by atoms with Crippen molar-refractivity contribution >= 4 is 23.4 Å². The third-order valence-electron chi connectivity index (χ3n) is 6.73. The van der Waals surface area contributed by atoms with E-state index in [0.29, 0.717) is 37.9 Å². The first kappa shape index (κ1) is 24.3. The fourth-order valence-corrected chi connectivity index (χ4v) is 4.99. The SMILES string of the molecule is Cc1cccc(OCC(=O)NC23CCC(NC(=O)COc4ccc(Cl)c(F)c4)(CC2)C[C@@H]3O)c1. The highest BCUT2D eigenvalue weighted by atomic mass is 35.5. The largest absolute Gasteiger partial charge is 0.484 e. The average molecular weight is 491 g/mol. The van der Waals surface area contributed by atoms with E-state index in [-0.39, 0.29) is 35.8 Å². The maximum absolute atomic E-state index is 13.5. The zero-order valence-electron chi connectivity index (χ0n) is 18.9. The predicted molar refractivity (Wildman–Crippen MR) is 124 cm³/mol. The van der Waals surface area contributed by atoms with Crippen molar-refractivity contribution in [2.75, 3.05) is 13.2 Å². The molecule has 5 rings (SSSR count). The molecule has 0 heterocycles. The zero-order valence-corrected chi connectivity index (χ0v) is 19.7. The number of nitrogens with one attached hydrogen (secondary N) is 2. The molecule has 2 amide bonds. The molecule has 0 radical (unpaired) electrons. The molecular formula is C25H28ClFN2O5. The Hall–Kier alpha value is -2.84. The van der Waals surface area contributed by atoms with Gasteiger partial charge in [0.15, 0.2) is 13.2 Å². The first-order chi connectivity index (χ1) is 16.2. The summed E-state index contributed by atoms with van der Waals surface area (Å²) in [4.78, 5) is 25.1. The summed E-state index contributed by atoms with van der Waals surface area (Å²) in [5.41, 5.74) is -0.248. The standard InChI is InChI=1S/C25H28ClFN2O5/c1-16-3-2-4-17(11-16)33-15-23(32)29-25-9-7-24(8-10-25,13-21(25)30)28-22(31)14-34-18-5-6-19(26)20(27)12-18/h2-6,11-12,21,30H,7-10,13-15H2,1H3,(H,28,31)(H,29,32)/t21-,24?,25?/m0/s1. The summed E-state index contributed by atoms with van der Waals surface area (Å²) >= 11 is 5.65. The van der Waals surface area contributed by atoms with Crippen molar-refractivity contribution in [2.45, 2.75) is 56.2 Å². The van der Waals surface area contributed by atoms with Crippen LogP contribution in [-0.4, -0.2) is 47.3 Å². The fourth-order valence-electron chi connectivity index (χ4n) is 4.88. The van der Waals surface area contributed by atoms with Gasteiger partial charge in [-0.1, -0.05) is 23.7 Å². The molecular weight excluding hydrogens is 463 g/mol. The van der Waals surface area contributed by atoms with Crippen LogP contribution >= 0.6 is 11.6 Å². The second-order valence-electron chi connectivity index (χ2n) is 9.22. The molecule has 3 aliphatic carbocycles. The van der Waals surface area contributed by atoms with Crippen LogP contribution in [0.5, 0.6) is 11.5 Å². The first-order valence-corrected chi connectivity index (χ1v) is 11.6. The second kappa shape index (κ2) is 9.80. The minimum atomic E-state index is -0.801. The molecule has 2 aromatic rings. The molecule has 3 N–H and O–H groups in total. The highest BCUT2D eigenvalue weighted by molar-refractivity contribution is 6.30. The Kier molecular flexibility index (Phi) is 7.00. The van der Waals surface area contributed by atoms with Gasteiger partial charge in [-0.15, -0.1) is 0 Å². The van der Waals surface area contributed by atoms with Crippen molar-refractivity contribution in [3.05, 3.63) is 58.9 Å². The van der Waals surface area contributed by atoms with E-state index in [9.17, 15) is 19.1 Å². The van der Waals surface area contributed by atoms with E-state index in [2.05, 4.69) is 10.6 Å². The Bertz CT molecular complexity index is 1070. The number of fused-ring (bicyclic) bond motifs is 3. The number of aliphatic hydroxyl groups is 1. The lowest BCUT2D eigenvalue weighted by molar-refractivity contribution is -0.137. The van der Waals surface area contributed by atoms with Crippen LogP contribution in [0, 0.1) is 12.7 Å². The van der Waals surface area contributed by atoms with Crippen LogP contribution in [0.1, 0.15) is 37.7 Å². The molecule has 2 aromatic carbocycles. The van der Waals surface area contributed by atoms with Crippen molar-refractivity contribution in [2.24, 2.45) is 0 Å². The highest BCUT2D eigenvalue weighted by Gasteiger charge is 2.55. The molecule has 3 fully saturated rings. The Morgan fingerprint density at radius 3 is 2.29 bits per heavy atom. The van der Waals surface area contributed by atoms with Crippen molar-refractivity contribution < 1.29 is 28.6 Å². The van der Waals surface area contributed by atoms with Gasteiger partial charge in [0.2, 0.25) is 0 Å². The van der Waals surface area contributed by atoms with Gasteiger partial charge >= 0.3 is 0 Å². The normalized spacial score (nSPS) is 25.5. The number of hydrogen-bond donors (Lipinski definition) is 3. The number of carbonyl (C=O) groups excluding carboxylic acids is 2. The second-order valence-corrected chi connectivity index (χ2v) is 9.63. The van der Waals surface area contributed by atoms with E-state index >= 15 is 0 Å². The van der Waals surface area contributed by atoms with E-state index in [1.54, 1.807) is 6.07 Å². The number of aliphatic hydroxyl groups excluding tert-OH is 1. The van der Waals surface area contributed by atoms with Crippen molar-refractivity contribution in [3.63, 3.8) is 0 Å². The van der Waals surface area contributed by atoms with Crippen LogP contribution in [0.4, 0.5) is 4.39 Å². The lowest BCUT2D eigenvalue weighted by Gasteiger charge is -2.56. The summed E-state index contributed by atoms with van der Waals surface area (Å²) in [6.45, 7) is 1.53. The van der Waals surface area contributed by atoms with Crippen LogP contribution in [0.3, 0.4) is 0 Å². The average Bonchev–Trinajstić information content (AvgIpc) is 2.80. The number of rotatable bonds is 8. The quantitative estimate of drug-likeness (QED) is 0.527. The number of hydrogen-bond acceptors (Lipinski definition) is 5. The minimum absolute atomic E-state index is 0.0219. The molecule has 2 bridgehead atoms. The van der Waals surface area contributed by atoms with Gasteiger partial charge < -0.3 is 25.2 Å². The van der Waals surface area contributed by atoms with Gasteiger partial charge in [-0.2, -0.15) is 0 Å². The lowest BCUT2D eigenvalue weighted by Crippen LogP contribution is -2.70. The molecule has 34 heavy (non-hydrogen) atoms. The third kappa shape index (κ3) is 5.45. The van der Waals surface area contributed by atoms with E-state index < -0.39 is 23.0 Å². The topological polar surface area (TPSA) is 96.9 Å². The number of amides is 2. The van der Waals surface area contributed by atoms with Crippen LogP contribution < -0.4 is 20.1 Å².